The molecule has 1 heterocycles. The minimum atomic E-state index is 0.883. The van der Waals surface area contributed by atoms with Crippen molar-refractivity contribution in [2.75, 3.05) is 0 Å². The summed E-state index contributed by atoms with van der Waals surface area (Å²) in [7, 11) is 0. The number of hydrogen-bond acceptors (Lipinski definition) is 2. The summed E-state index contributed by atoms with van der Waals surface area (Å²) in [6.45, 7) is 0. The van der Waals surface area contributed by atoms with Gasteiger partial charge in [0.05, 0.1) is 0 Å². The molecule has 2 nitrogen and oxygen atoms in total. The van der Waals surface area contributed by atoms with Crippen LogP contribution < -0.4 is 0 Å². The molecule has 3 heteroatoms. The molecule has 2 aromatic rings. The molecule has 1 aromatic heterocycles. The molecule has 0 fully saturated rings. The Morgan fingerprint density at radius 3 is 2.83 bits per heavy atom. The molecule has 0 amide bonds. The molecule has 2 rings (SSSR count). The van der Waals surface area contributed by atoms with Gasteiger partial charge in [-0.05, 0) is 34.7 Å². The first kappa shape index (κ1) is 7.79. The van der Waals surface area contributed by atoms with E-state index in [1.807, 2.05) is 24.3 Å². The van der Waals surface area contributed by atoms with E-state index in [9.17, 15) is 0 Å². The normalized spacial score (nSPS) is 10.1. The number of hydrogen-bond donors (Lipinski definition) is 0. The molecular formula is C9H6INO. The quantitative estimate of drug-likeness (QED) is 0.745. The Bertz CT molecular complexity index is 370. The Labute approximate surface area is 83.7 Å². The zero-order valence-electron chi connectivity index (χ0n) is 6.20. The maximum Gasteiger partial charge on any atom is 0.124 e. The minimum Gasteiger partial charge on any atom is -0.364 e. The Balaban J connectivity index is 2.48. The summed E-state index contributed by atoms with van der Waals surface area (Å²) >= 11 is 2.27. The Kier molecular flexibility index (Phi) is 2.12. The molecule has 0 unspecified atom stereocenters. The van der Waals surface area contributed by atoms with Crippen LogP contribution in [0, 0.1) is 3.57 Å². The molecule has 0 spiro atoms. The molecule has 0 bridgehead atoms. The van der Waals surface area contributed by atoms with Crippen LogP contribution >= 0.6 is 22.6 Å². The lowest BCUT2D eigenvalue weighted by Crippen LogP contribution is -1.77. The van der Waals surface area contributed by atoms with Crippen molar-refractivity contribution in [3.05, 3.63) is 40.2 Å². The van der Waals surface area contributed by atoms with Crippen molar-refractivity contribution in [2.45, 2.75) is 0 Å². The standard InChI is InChI=1S/C9H6INO/c10-8-3-1-2-7(6-8)9-4-5-12-11-9/h1-6H. The van der Waals surface area contributed by atoms with Crippen molar-refractivity contribution in [1.29, 1.82) is 0 Å². The van der Waals surface area contributed by atoms with Crippen LogP contribution in [0.3, 0.4) is 0 Å². The summed E-state index contributed by atoms with van der Waals surface area (Å²) in [6, 6.07) is 9.99. The van der Waals surface area contributed by atoms with Crippen LogP contribution in [-0.4, -0.2) is 5.16 Å². The predicted molar refractivity (Wildman–Crippen MR) is 54.7 cm³/mol. The summed E-state index contributed by atoms with van der Waals surface area (Å²) in [5.74, 6) is 0. The van der Waals surface area contributed by atoms with Crippen molar-refractivity contribution >= 4 is 22.6 Å². The lowest BCUT2D eigenvalue weighted by Gasteiger charge is -1.94. The molecule has 0 aliphatic heterocycles. The first-order valence-corrected chi connectivity index (χ1v) is 4.60. The predicted octanol–water partition coefficient (Wildman–Crippen LogP) is 2.95. The lowest BCUT2D eigenvalue weighted by atomic mass is 10.2. The van der Waals surface area contributed by atoms with E-state index < -0.39 is 0 Å². The molecule has 12 heavy (non-hydrogen) atoms. The van der Waals surface area contributed by atoms with Gasteiger partial charge in [0.2, 0.25) is 0 Å². The van der Waals surface area contributed by atoms with Crippen molar-refractivity contribution in [3.63, 3.8) is 0 Å². The summed E-state index contributed by atoms with van der Waals surface area (Å²) in [6.07, 6.45) is 1.58. The number of nitrogens with zero attached hydrogens (tertiary/aromatic N) is 1. The van der Waals surface area contributed by atoms with Gasteiger partial charge >= 0.3 is 0 Å². The number of aromatic nitrogens is 1. The average Bonchev–Trinajstić information content (AvgIpc) is 2.56. The van der Waals surface area contributed by atoms with Crippen LogP contribution in [0.5, 0.6) is 0 Å². The van der Waals surface area contributed by atoms with Gasteiger partial charge in [0.1, 0.15) is 12.0 Å². The third-order valence-electron chi connectivity index (χ3n) is 1.56. The first-order valence-electron chi connectivity index (χ1n) is 3.52. The molecule has 0 atom stereocenters. The van der Waals surface area contributed by atoms with Gasteiger partial charge < -0.3 is 4.52 Å². The summed E-state index contributed by atoms with van der Waals surface area (Å²) in [5.41, 5.74) is 1.98. The second-order valence-corrected chi connectivity index (χ2v) is 3.64. The second-order valence-electron chi connectivity index (χ2n) is 2.40. The molecule has 0 N–H and O–H groups in total. The third kappa shape index (κ3) is 1.50. The fourth-order valence-corrected chi connectivity index (χ4v) is 1.55. The molecule has 0 saturated heterocycles. The van der Waals surface area contributed by atoms with Gasteiger partial charge in [-0.2, -0.15) is 0 Å². The van der Waals surface area contributed by atoms with Crippen molar-refractivity contribution in [1.82, 2.24) is 5.16 Å². The van der Waals surface area contributed by atoms with Gasteiger partial charge in [-0.25, -0.2) is 0 Å². The van der Waals surface area contributed by atoms with Gasteiger partial charge in [0.15, 0.2) is 0 Å². The van der Waals surface area contributed by atoms with Crippen molar-refractivity contribution in [2.24, 2.45) is 0 Å². The Morgan fingerprint density at radius 1 is 1.25 bits per heavy atom. The van der Waals surface area contributed by atoms with Crippen molar-refractivity contribution in [3.8, 4) is 11.3 Å². The fraction of sp³-hybridized carbons (Fsp3) is 0. The first-order chi connectivity index (χ1) is 5.86. The van der Waals surface area contributed by atoms with E-state index in [0.29, 0.717) is 0 Å². The van der Waals surface area contributed by atoms with E-state index in [0.717, 1.165) is 11.3 Å². The molecule has 0 saturated carbocycles. The number of benzene rings is 1. The minimum absolute atomic E-state index is 0.883. The van der Waals surface area contributed by atoms with Gasteiger partial charge in [-0.3, -0.25) is 0 Å². The van der Waals surface area contributed by atoms with Crippen LogP contribution in [0.25, 0.3) is 11.3 Å². The molecule has 0 aliphatic rings. The van der Waals surface area contributed by atoms with E-state index in [1.54, 1.807) is 6.26 Å². The van der Waals surface area contributed by atoms with E-state index in [1.165, 1.54) is 3.57 Å². The molecular weight excluding hydrogens is 265 g/mol. The summed E-state index contributed by atoms with van der Waals surface area (Å²) in [4.78, 5) is 0. The number of halogens is 1. The van der Waals surface area contributed by atoms with Crippen LogP contribution in [0.1, 0.15) is 0 Å². The van der Waals surface area contributed by atoms with Crippen LogP contribution in [0.2, 0.25) is 0 Å². The van der Waals surface area contributed by atoms with E-state index in [2.05, 4.69) is 33.8 Å². The van der Waals surface area contributed by atoms with Crippen LogP contribution in [-0.2, 0) is 0 Å². The van der Waals surface area contributed by atoms with E-state index in [-0.39, 0.29) is 0 Å². The highest BCUT2D eigenvalue weighted by atomic mass is 127. The summed E-state index contributed by atoms with van der Waals surface area (Å²) < 4.78 is 5.96. The third-order valence-corrected chi connectivity index (χ3v) is 2.23. The monoisotopic (exact) mass is 271 g/mol. The fourth-order valence-electron chi connectivity index (χ4n) is 1.01. The highest BCUT2D eigenvalue weighted by Gasteiger charge is 1.99. The average molecular weight is 271 g/mol. The lowest BCUT2D eigenvalue weighted by molar-refractivity contribution is 0.422. The van der Waals surface area contributed by atoms with E-state index >= 15 is 0 Å². The maximum absolute atomic E-state index is 4.76. The topological polar surface area (TPSA) is 26.0 Å². The molecule has 0 aliphatic carbocycles. The Hall–Kier alpha value is -0.840. The molecule has 0 radical (unpaired) electrons. The zero-order chi connectivity index (χ0) is 8.39. The van der Waals surface area contributed by atoms with Gasteiger partial charge in [-0.15, -0.1) is 0 Å². The largest absolute Gasteiger partial charge is 0.364 e. The molecule has 1 aromatic carbocycles. The summed E-state index contributed by atoms with van der Waals surface area (Å²) in [5, 5.41) is 3.85. The van der Waals surface area contributed by atoms with E-state index in [4.69, 9.17) is 4.52 Å². The molecule has 60 valence electrons. The van der Waals surface area contributed by atoms with Crippen LogP contribution in [0.15, 0.2) is 41.1 Å². The highest BCUT2D eigenvalue weighted by Crippen LogP contribution is 2.18. The van der Waals surface area contributed by atoms with Crippen molar-refractivity contribution < 1.29 is 4.52 Å². The number of rotatable bonds is 1. The zero-order valence-corrected chi connectivity index (χ0v) is 8.36. The second kappa shape index (κ2) is 3.26. The SMILES string of the molecule is Ic1cccc(-c2ccon2)c1. The van der Waals surface area contributed by atoms with Gasteiger partial charge in [0.25, 0.3) is 0 Å². The smallest absolute Gasteiger partial charge is 0.124 e. The van der Waals surface area contributed by atoms with Crippen LogP contribution in [0.4, 0.5) is 0 Å². The van der Waals surface area contributed by atoms with Gasteiger partial charge in [-0.1, -0.05) is 17.3 Å². The maximum atomic E-state index is 4.76. The van der Waals surface area contributed by atoms with Gasteiger partial charge in [0, 0.05) is 15.2 Å². The highest BCUT2D eigenvalue weighted by molar-refractivity contribution is 14.1. The Morgan fingerprint density at radius 2 is 2.17 bits per heavy atom.